The SMILES string of the molecule is Cn1ccnc1CC(N)CC1CCCO1. The first-order valence-electron chi connectivity index (χ1n) is 5.59. The Morgan fingerprint density at radius 3 is 3.20 bits per heavy atom. The molecule has 1 aliphatic heterocycles. The van der Waals surface area contributed by atoms with Crippen LogP contribution in [0.15, 0.2) is 12.4 Å². The highest BCUT2D eigenvalue weighted by atomic mass is 16.5. The van der Waals surface area contributed by atoms with Gasteiger partial charge in [0.2, 0.25) is 0 Å². The number of hydrogen-bond acceptors (Lipinski definition) is 3. The van der Waals surface area contributed by atoms with Crippen molar-refractivity contribution in [3.05, 3.63) is 18.2 Å². The van der Waals surface area contributed by atoms with Crippen molar-refractivity contribution in [2.24, 2.45) is 12.8 Å². The van der Waals surface area contributed by atoms with Crippen LogP contribution < -0.4 is 5.73 Å². The molecule has 4 nitrogen and oxygen atoms in total. The van der Waals surface area contributed by atoms with Crippen LogP contribution in [-0.4, -0.2) is 28.3 Å². The van der Waals surface area contributed by atoms with E-state index < -0.39 is 0 Å². The highest BCUT2D eigenvalue weighted by molar-refractivity contribution is 4.94. The first-order valence-corrected chi connectivity index (χ1v) is 5.59. The Kier molecular flexibility index (Phi) is 3.38. The van der Waals surface area contributed by atoms with Crippen LogP contribution in [0.3, 0.4) is 0 Å². The molecule has 15 heavy (non-hydrogen) atoms. The molecule has 2 N–H and O–H groups in total. The minimum atomic E-state index is 0.161. The molecule has 4 heteroatoms. The zero-order valence-corrected chi connectivity index (χ0v) is 9.22. The maximum absolute atomic E-state index is 6.08. The fourth-order valence-corrected chi connectivity index (χ4v) is 2.08. The molecule has 2 unspecified atom stereocenters. The van der Waals surface area contributed by atoms with E-state index in [9.17, 15) is 0 Å². The standard InChI is InChI=1S/C11H19N3O/c1-14-5-4-13-11(14)8-9(12)7-10-3-2-6-15-10/h4-5,9-10H,2-3,6-8,12H2,1H3. The van der Waals surface area contributed by atoms with E-state index in [1.807, 2.05) is 24.0 Å². The van der Waals surface area contributed by atoms with Gasteiger partial charge < -0.3 is 15.0 Å². The van der Waals surface area contributed by atoms with E-state index in [1.54, 1.807) is 0 Å². The lowest BCUT2D eigenvalue weighted by Crippen LogP contribution is -2.29. The van der Waals surface area contributed by atoms with Crippen LogP contribution in [0.1, 0.15) is 25.1 Å². The number of aromatic nitrogens is 2. The normalized spacial score (nSPS) is 23.2. The fourth-order valence-electron chi connectivity index (χ4n) is 2.08. The lowest BCUT2D eigenvalue weighted by molar-refractivity contribution is 0.0981. The van der Waals surface area contributed by atoms with Crippen LogP contribution in [0.5, 0.6) is 0 Å². The number of aryl methyl sites for hydroxylation is 1. The van der Waals surface area contributed by atoms with Gasteiger partial charge in [-0.15, -0.1) is 0 Å². The lowest BCUT2D eigenvalue weighted by atomic mass is 10.0. The molecule has 1 saturated heterocycles. The molecule has 2 rings (SSSR count). The average molecular weight is 209 g/mol. The number of hydrogen-bond donors (Lipinski definition) is 1. The van der Waals surface area contributed by atoms with Gasteiger partial charge in [0.25, 0.3) is 0 Å². The monoisotopic (exact) mass is 209 g/mol. The minimum Gasteiger partial charge on any atom is -0.378 e. The van der Waals surface area contributed by atoms with Crippen molar-refractivity contribution in [3.63, 3.8) is 0 Å². The third kappa shape index (κ3) is 2.79. The molecule has 0 saturated carbocycles. The van der Waals surface area contributed by atoms with E-state index in [4.69, 9.17) is 10.5 Å². The average Bonchev–Trinajstić information content (AvgIpc) is 2.79. The smallest absolute Gasteiger partial charge is 0.109 e. The van der Waals surface area contributed by atoms with Crippen molar-refractivity contribution in [2.75, 3.05) is 6.61 Å². The fraction of sp³-hybridized carbons (Fsp3) is 0.727. The first-order chi connectivity index (χ1) is 7.25. The maximum Gasteiger partial charge on any atom is 0.109 e. The summed E-state index contributed by atoms with van der Waals surface area (Å²) in [5.74, 6) is 1.06. The quantitative estimate of drug-likeness (QED) is 0.800. The summed E-state index contributed by atoms with van der Waals surface area (Å²) in [6.07, 6.45) is 8.27. The van der Waals surface area contributed by atoms with Crippen molar-refractivity contribution in [1.82, 2.24) is 9.55 Å². The van der Waals surface area contributed by atoms with Crippen molar-refractivity contribution < 1.29 is 4.74 Å². The predicted octanol–water partition coefficient (Wildman–Crippen LogP) is 0.859. The van der Waals surface area contributed by atoms with Gasteiger partial charge in [-0.3, -0.25) is 0 Å². The Morgan fingerprint density at radius 2 is 2.60 bits per heavy atom. The van der Waals surface area contributed by atoms with Crippen molar-refractivity contribution in [2.45, 2.75) is 37.8 Å². The highest BCUT2D eigenvalue weighted by Gasteiger charge is 2.19. The molecule has 1 aliphatic rings. The zero-order chi connectivity index (χ0) is 10.7. The molecule has 0 aromatic carbocycles. The van der Waals surface area contributed by atoms with Crippen molar-refractivity contribution >= 4 is 0 Å². The summed E-state index contributed by atoms with van der Waals surface area (Å²) >= 11 is 0. The van der Waals surface area contributed by atoms with Crippen LogP contribution in [-0.2, 0) is 18.2 Å². The van der Waals surface area contributed by atoms with Crippen LogP contribution in [0, 0.1) is 0 Å². The maximum atomic E-state index is 6.08. The molecule has 1 aromatic rings. The van der Waals surface area contributed by atoms with E-state index in [1.165, 1.54) is 6.42 Å². The molecule has 0 aliphatic carbocycles. The van der Waals surface area contributed by atoms with E-state index in [0.29, 0.717) is 6.10 Å². The Balaban J connectivity index is 1.81. The van der Waals surface area contributed by atoms with Gasteiger partial charge in [0, 0.05) is 38.5 Å². The second-order valence-electron chi connectivity index (χ2n) is 4.29. The number of nitrogens with two attached hydrogens (primary N) is 1. The third-order valence-corrected chi connectivity index (χ3v) is 2.96. The molecule has 2 heterocycles. The summed E-state index contributed by atoms with van der Waals surface area (Å²) in [7, 11) is 2.00. The number of ether oxygens (including phenoxy) is 1. The van der Waals surface area contributed by atoms with Crippen LogP contribution in [0.4, 0.5) is 0 Å². The van der Waals surface area contributed by atoms with Crippen LogP contribution in [0.25, 0.3) is 0 Å². The number of nitrogens with zero attached hydrogens (tertiary/aromatic N) is 2. The van der Waals surface area contributed by atoms with Gasteiger partial charge in [-0.05, 0) is 19.3 Å². The summed E-state index contributed by atoms with van der Waals surface area (Å²) in [6.45, 7) is 0.903. The predicted molar refractivity (Wildman–Crippen MR) is 58.5 cm³/mol. The van der Waals surface area contributed by atoms with Gasteiger partial charge >= 0.3 is 0 Å². The third-order valence-electron chi connectivity index (χ3n) is 2.96. The first kappa shape index (κ1) is 10.6. The van der Waals surface area contributed by atoms with E-state index in [0.717, 1.165) is 31.7 Å². The second-order valence-corrected chi connectivity index (χ2v) is 4.29. The van der Waals surface area contributed by atoms with Gasteiger partial charge in [0.05, 0.1) is 6.10 Å². The van der Waals surface area contributed by atoms with E-state index in [2.05, 4.69) is 4.98 Å². The molecule has 1 fully saturated rings. The Morgan fingerprint density at radius 1 is 1.73 bits per heavy atom. The summed E-state index contributed by atoms with van der Waals surface area (Å²) in [5, 5.41) is 0. The topological polar surface area (TPSA) is 53.1 Å². The van der Waals surface area contributed by atoms with Gasteiger partial charge in [0.15, 0.2) is 0 Å². The highest BCUT2D eigenvalue weighted by Crippen LogP contribution is 2.17. The molecular weight excluding hydrogens is 190 g/mol. The van der Waals surface area contributed by atoms with E-state index >= 15 is 0 Å². The van der Waals surface area contributed by atoms with Gasteiger partial charge in [-0.1, -0.05) is 0 Å². The molecule has 0 bridgehead atoms. The molecule has 0 amide bonds. The van der Waals surface area contributed by atoms with Gasteiger partial charge in [0.1, 0.15) is 5.82 Å². The summed E-state index contributed by atoms with van der Waals surface area (Å²) in [6, 6.07) is 0.161. The Hall–Kier alpha value is -0.870. The molecular formula is C11H19N3O. The van der Waals surface area contributed by atoms with Crippen molar-refractivity contribution in [1.29, 1.82) is 0 Å². The second kappa shape index (κ2) is 4.77. The van der Waals surface area contributed by atoms with Crippen LogP contribution >= 0.6 is 0 Å². The molecule has 0 radical (unpaired) electrons. The molecule has 0 spiro atoms. The van der Waals surface area contributed by atoms with Gasteiger partial charge in [-0.25, -0.2) is 4.98 Å². The molecule has 2 atom stereocenters. The zero-order valence-electron chi connectivity index (χ0n) is 9.22. The Bertz CT molecular complexity index is 305. The van der Waals surface area contributed by atoms with Crippen molar-refractivity contribution in [3.8, 4) is 0 Å². The van der Waals surface area contributed by atoms with E-state index in [-0.39, 0.29) is 6.04 Å². The Labute approximate surface area is 90.4 Å². The summed E-state index contributed by atoms with van der Waals surface area (Å²) in [4.78, 5) is 4.27. The number of rotatable bonds is 4. The molecule has 84 valence electrons. The lowest BCUT2D eigenvalue weighted by Gasteiger charge is -2.15. The molecule has 1 aromatic heterocycles. The summed E-state index contributed by atoms with van der Waals surface area (Å²) in [5.41, 5.74) is 6.08. The summed E-state index contributed by atoms with van der Waals surface area (Å²) < 4.78 is 7.59. The minimum absolute atomic E-state index is 0.161. The van der Waals surface area contributed by atoms with Gasteiger partial charge in [-0.2, -0.15) is 0 Å². The van der Waals surface area contributed by atoms with Crippen LogP contribution in [0.2, 0.25) is 0 Å². The number of imidazole rings is 1. The largest absolute Gasteiger partial charge is 0.378 e.